The van der Waals surface area contributed by atoms with Gasteiger partial charge >= 0.3 is 6.09 Å². The normalized spacial score (nSPS) is 16.7. The minimum Gasteiger partial charge on any atom is -0.448 e. The molecule has 0 saturated carbocycles. The molecule has 2 aromatic rings. The number of hydrogen-bond donors (Lipinski definition) is 1. The number of ether oxygens (including phenoxy) is 1. The van der Waals surface area contributed by atoms with Crippen molar-refractivity contribution >= 4 is 52.4 Å². The smallest absolute Gasteiger partial charge is 0.410 e. The second-order valence-electron chi connectivity index (χ2n) is 7.73. The molecule has 3 heterocycles. The van der Waals surface area contributed by atoms with E-state index in [1.165, 1.54) is 16.2 Å². The molecule has 2 fully saturated rings. The first kappa shape index (κ1) is 23.7. The maximum Gasteiger partial charge on any atom is 0.410 e. The summed E-state index contributed by atoms with van der Waals surface area (Å²) >= 11 is 13.4. The third-order valence-corrected chi connectivity index (χ3v) is 7.05. The summed E-state index contributed by atoms with van der Waals surface area (Å²) < 4.78 is 4.87. The molecule has 3 amide bonds. The molecule has 0 spiro atoms. The molecule has 1 N–H and O–H groups in total. The van der Waals surface area contributed by atoms with Crippen LogP contribution in [0.15, 0.2) is 24.4 Å². The molecule has 0 bridgehead atoms. The fourth-order valence-corrected chi connectivity index (χ4v) is 4.95. The van der Waals surface area contributed by atoms with E-state index < -0.39 is 6.09 Å². The summed E-state index contributed by atoms with van der Waals surface area (Å²) in [7, 11) is 0. The average molecular weight is 512 g/mol. The number of piperazine rings is 1. The highest BCUT2D eigenvalue weighted by molar-refractivity contribution is 7.13. The van der Waals surface area contributed by atoms with Crippen LogP contribution in [0.5, 0.6) is 0 Å². The standard InChI is InChI=1S/C21H23Cl2N5O4S/c22-15-2-1-14(16(23)9-15)10-25-20(30)17-11-24-18(33-17)12-26-3-5-27(6-4-26)19(29)13-28-7-8-32-21(28)31/h1-2,9,11H,3-8,10,12-13H2,(H,25,30). The van der Waals surface area contributed by atoms with Crippen LogP contribution in [-0.2, 0) is 22.6 Å². The summed E-state index contributed by atoms with van der Waals surface area (Å²) in [6, 6.07) is 5.15. The Labute approximate surface area is 205 Å². The number of thiazole rings is 1. The fourth-order valence-electron chi connectivity index (χ4n) is 3.60. The number of carbonyl (C=O) groups is 3. The Morgan fingerprint density at radius 2 is 1.94 bits per heavy atom. The van der Waals surface area contributed by atoms with Crippen LogP contribution in [0.2, 0.25) is 10.0 Å². The molecule has 0 unspecified atom stereocenters. The number of amides is 3. The summed E-state index contributed by atoms with van der Waals surface area (Å²) in [6.07, 6.45) is 1.15. The predicted octanol–water partition coefficient (Wildman–Crippen LogP) is 2.48. The van der Waals surface area contributed by atoms with Gasteiger partial charge in [0.1, 0.15) is 23.0 Å². The number of rotatable bonds is 7. The van der Waals surface area contributed by atoms with Gasteiger partial charge in [0.05, 0.1) is 19.3 Å². The number of aromatic nitrogens is 1. The number of nitrogens with zero attached hydrogens (tertiary/aromatic N) is 4. The number of carbonyl (C=O) groups excluding carboxylic acids is 3. The Kier molecular flexibility index (Phi) is 7.69. The minimum absolute atomic E-state index is 0.0605. The van der Waals surface area contributed by atoms with E-state index >= 15 is 0 Å². The van der Waals surface area contributed by atoms with Gasteiger partial charge in [-0.15, -0.1) is 11.3 Å². The van der Waals surface area contributed by atoms with Crippen molar-refractivity contribution in [3.63, 3.8) is 0 Å². The van der Waals surface area contributed by atoms with Gasteiger partial charge in [-0.3, -0.25) is 19.4 Å². The number of nitrogens with one attached hydrogen (secondary N) is 1. The highest BCUT2D eigenvalue weighted by Crippen LogP contribution is 2.21. The lowest BCUT2D eigenvalue weighted by atomic mass is 10.2. The summed E-state index contributed by atoms with van der Waals surface area (Å²) in [4.78, 5) is 46.7. The van der Waals surface area contributed by atoms with Gasteiger partial charge in [0.2, 0.25) is 5.91 Å². The van der Waals surface area contributed by atoms with Gasteiger partial charge in [0.25, 0.3) is 5.91 Å². The summed E-state index contributed by atoms with van der Waals surface area (Å²) in [5.74, 6) is -0.275. The van der Waals surface area contributed by atoms with Crippen molar-refractivity contribution in [1.82, 2.24) is 25.0 Å². The number of benzene rings is 1. The van der Waals surface area contributed by atoms with E-state index in [-0.39, 0.29) is 18.4 Å². The second-order valence-corrected chi connectivity index (χ2v) is 9.69. The average Bonchev–Trinajstić information content (AvgIpc) is 3.42. The van der Waals surface area contributed by atoms with Crippen LogP contribution in [0.25, 0.3) is 0 Å². The first-order valence-electron chi connectivity index (χ1n) is 10.5. The van der Waals surface area contributed by atoms with Crippen molar-refractivity contribution in [2.45, 2.75) is 13.1 Å². The van der Waals surface area contributed by atoms with Gasteiger partial charge < -0.3 is 15.0 Å². The molecular formula is C21H23Cl2N5O4S. The molecule has 2 aliphatic rings. The lowest BCUT2D eigenvalue weighted by molar-refractivity contribution is -0.133. The van der Waals surface area contributed by atoms with Crippen LogP contribution < -0.4 is 5.32 Å². The highest BCUT2D eigenvalue weighted by atomic mass is 35.5. The summed E-state index contributed by atoms with van der Waals surface area (Å²) in [6.45, 7) is 4.34. The van der Waals surface area contributed by atoms with Crippen molar-refractivity contribution in [2.75, 3.05) is 45.9 Å². The van der Waals surface area contributed by atoms with Gasteiger partial charge in [0.15, 0.2) is 0 Å². The maximum atomic E-state index is 12.5. The number of hydrogen-bond acceptors (Lipinski definition) is 7. The predicted molar refractivity (Wildman–Crippen MR) is 125 cm³/mol. The van der Waals surface area contributed by atoms with Crippen molar-refractivity contribution in [3.8, 4) is 0 Å². The molecule has 0 atom stereocenters. The van der Waals surface area contributed by atoms with E-state index in [4.69, 9.17) is 27.9 Å². The second kappa shape index (κ2) is 10.7. The van der Waals surface area contributed by atoms with E-state index in [0.717, 1.165) is 10.6 Å². The highest BCUT2D eigenvalue weighted by Gasteiger charge is 2.28. The third-order valence-electron chi connectivity index (χ3n) is 5.49. The van der Waals surface area contributed by atoms with Crippen LogP contribution in [0.1, 0.15) is 20.2 Å². The van der Waals surface area contributed by atoms with Gasteiger partial charge in [-0.25, -0.2) is 9.78 Å². The fraction of sp³-hybridized carbons (Fsp3) is 0.429. The minimum atomic E-state index is -0.429. The Morgan fingerprint density at radius 1 is 1.15 bits per heavy atom. The van der Waals surface area contributed by atoms with Crippen LogP contribution >= 0.6 is 34.5 Å². The number of cyclic esters (lactones) is 1. The van der Waals surface area contributed by atoms with Crippen molar-refractivity contribution in [1.29, 1.82) is 0 Å². The van der Waals surface area contributed by atoms with Crippen molar-refractivity contribution < 1.29 is 19.1 Å². The molecule has 12 heteroatoms. The zero-order valence-corrected chi connectivity index (χ0v) is 20.1. The molecule has 0 radical (unpaired) electrons. The largest absolute Gasteiger partial charge is 0.448 e. The molecule has 1 aromatic carbocycles. The zero-order chi connectivity index (χ0) is 23.4. The number of halogens is 2. The molecule has 0 aliphatic carbocycles. The van der Waals surface area contributed by atoms with E-state index in [9.17, 15) is 14.4 Å². The molecular weight excluding hydrogens is 489 g/mol. The monoisotopic (exact) mass is 511 g/mol. The molecule has 1 aromatic heterocycles. The maximum absolute atomic E-state index is 12.5. The molecule has 33 heavy (non-hydrogen) atoms. The lowest BCUT2D eigenvalue weighted by Gasteiger charge is -2.34. The van der Waals surface area contributed by atoms with E-state index in [1.807, 2.05) is 0 Å². The zero-order valence-electron chi connectivity index (χ0n) is 17.8. The van der Waals surface area contributed by atoms with Crippen molar-refractivity contribution in [2.24, 2.45) is 0 Å². The van der Waals surface area contributed by atoms with E-state index in [0.29, 0.717) is 67.3 Å². The molecule has 2 saturated heterocycles. The van der Waals surface area contributed by atoms with Gasteiger partial charge in [-0.1, -0.05) is 29.3 Å². The SMILES string of the molecule is O=C(NCc1ccc(Cl)cc1Cl)c1cnc(CN2CCN(C(=O)CN3CCOC3=O)CC2)s1. The van der Waals surface area contributed by atoms with Gasteiger partial charge in [-0.05, 0) is 17.7 Å². The lowest BCUT2D eigenvalue weighted by Crippen LogP contribution is -2.51. The Balaban J connectivity index is 1.22. The first-order chi connectivity index (χ1) is 15.9. The van der Waals surface area contributed by atoms with Gasteiger partial charge in [-0.2, -0.15) is 0 Å². The summed E-state index contributed by atoms with van der Waals surface area (Å²) in [5, 5.41) is 4.74. The topological polar surface area (TPSA) is 95.1 Å². The van der Waals surface area contributed by atoms with Crippen LogP contribution in [-0.4, -0.2) is 83.5 Å². The molecule has 4 rings (SSSR count). The van der Waals surface area contributed by atoms with Crippen LogP contribution in [0, 0.1) is 0 Å². The Morgan fingerprint density at radius 3 is 2.64 bits per heavy atom. The Hall–Kier alpha value is -2.40. The van der Waals surface area contributed by atoms with Crippen molar-refractivity contribution in [3.05, 3.63) is 49.9 Å². The van der Waals surface area contributed by atoms with E-state index in [2.05, 4.69) is 15.2 Å². The third kappa shape index (κ3) is 6.14. The quantitative estimate of drug-likeness (QED) is 0.613. The first-order valence-corrected chi connectivity index (χ1v) is 12.0. The van der Waals surface area contributed by atoms with E-state index in [1.54, 1.807) is 29.3 Å². The summed E-state index contributed by atoms with van der Waals surface area (Å²) in [5.41, 5.74) is 0.785. The molecule has 176 valence electrons. The van der Waals surface area contributed by atoms with Gasteiger partial charge in [0, 0.05) is 42.8 Å². The molecule has 9 nitrogen and oxygen atoms in total. The Bertz CT molecular complexity index is 1040. The molecule has 2 aliphatic heterocycles. The van der Waals surface area contributed by atoms with Crippen LogP contribution in [0.3, 0.4) is 0 Å². The van der Waals surface area contributed by atoms with Crippen LogP contribution in [0.4, 0.5) is 4.79 Å².